The summed E-state index contributed by atoms with van der Waals surface area (Å²) < 4.78 is 8.03. The van der Waals surface area contributed by atoms with Crippen molar-refractivity contribution in [3.63, 3.8) is 0 Å². The molecule has 2 aliphatic heterocycles. The van der Waals surface area contributed by atoms with E-state index >= 15 is 0 Å². The number of carbonyl (C=O) groups excluding carboxylic acids is 1. The lowest BCUT2D eigenvalue weighted by Crippen LogP contribution is -2.47. The second-order valence-electron chi connectivity index (χ2n) is 7.48. The highest BCUT2D eigenvalue weighted by atomic mass is 16.5. The highest BCUT2D eigenvalue weighted by Gasteiger charge is 2.43. The number of hydrogen-bond donors (Lipinski definition) is 1. The molecule has 2 aliphatic rings. The molecule has 2 fully saturated rings. The summed E-state index contributed by atoms with van der Waals surface area (Å²) in [5.41, 5.74) is 1.23. The van der Waals surface area contributed by atoms with Gasteiger partial charge >= 0.3 is 0 Å². The molecule has 0 bridgehead atoms. The predicted octanol–water partition coefficient (Wildman–Crippen LogP) is 2.00. The predicted molar refractivity (Wildman–Crippen MR) is 103 cm³/mol. The van der Waals surface area contributed by atoms with Crippen molar-refractivity contribution >= 4 is 17.5 Å². The minimum absolute atomic E-state index is 0.0268. The molecule has 0 radical (unpaired) electrons. The number of pyridine rings is 1. The van der Waals surface area contributed by atoms with Crippen molar-refractivity contribution in [1.29, 1.82) is 0 Å². The number of piperidine rings is 1. The van der Waals surface area contributed by atoms with Gasteiger partial charge in [-0.2, -0.15) is 0 Å². The van der Waals surface area contributed by atoms with Crippen LogP contribution in [0.5, 0.6) is 0 Å². The number of aromatic nitrogens is 4. The standard InChI is InChI=1S/C20H22N6O2/c27-18(16-13-23-17-4-1-2-9-26(16)17)25-10-5-20(6-11-25)12-15(14-28-20)24-19-21-7-3-8-22-19/h1-4,7-9,13,15H,5-6,10-12,14H2,(H,21,22,24). The Balaban J connectivity index is 1.22. The topological polar surface area (TPSA) is 84.7 Å². The molecule has 8 nitrogen and oxygen atoms in total. The van der Waals surface area contributed by atoms with Crippen LogP contribution in [-0.4, -0.2) is 61.5 Å². The first-order valence-electron chi connectivity index (χ1n) is 9.61. The van der Waals surface area contributed by atoms with E-state index in [0.717, 1.165) is 24.9 Å². The monoisotopic (exact) mass is 378 g/mol. The van der Waals surface area contributed by atoms with Crippen molar-refractivity contribution in [2.75, 3.05) is 25.0 Å². The number of nitrogens with zero attached hydrogens (tertiary/aromatic N) is 5. The average Bonchev–Trinajstić information content (AvgIpc) is 3.33. The van der Waals surface area contributed by atoms with Crippen LogP contribution in [-0.2, 0) is 4.74 Å². The number of likely N-dealkylation sites (tertiary alicyclic amines) is 1. The van der Waals surface area contributed by atoms with E-state index in [-0.39, 0.29) is 17.6 Å². The number of nitrogens with one attached hydrogen (secondary N) is 1. The number of anilines is 1. The van der Waals surface area contributed by atoms with E-state index in [4.69, 9.17) is 4.74 Å². The lowest BCUT2D eigenvalue weighted by molar-refractivity contribution is -0.0389. The van der Waals surface area contributed by atoms with Crippen molar-refractivity contribution in [2.45, 2.75) is 30.9 Å². The molecule has 144 valence electrons. The van der Waals surface area contributed by atoms with E-state index in [0.29, 0.717) is 31.3 Å². The molecule has 5 heterocycles. The lowest BCUT2D eigenvalue weighted by Gasteiger charge is -2.38. The van der Waals surface area contributed by atoms with Gasteiger partial charge in [0.25, 0.3) is 5.91 Å². The maximum absolute atomic E-state index is 13.0. The Bertz CT molecular complexity index is 981. The minimum atomic E-state index is -0.164. The summed E-state index contributed by atoms with van der Waals surface area (Å²) in [6.07, 6.45) is 9.57. The first kappa shape index (κ1) is 17.1. The largest absolute Gasteiger partial charge is 0.373 e. The molecular formula is C20H22N6O2. The summed E-state index contributed by atoms with van der Waals surface area (Å²) in [7, 11) is 0. The van der Waals surface area contributed by atoms with Gasteiger partial charge in [0.15, 0.2) is 0 Å². The zero-order valence-electron chi connectivity index (χ0n) is 15.5. The van der Waals surface area contributed by atoms with E-state index < -0.39 is 0 Å². The van der Waals surface area contributed by atoms with Crippen molar-refractivity contribution < 1.29 is 9.53 Å². The first-order chi connectivity index (χ1) is 13.7. The summed E-state index contributed by atoms with van der Waals surface area (Å²) >= 11 is 0. The van der Waals surface area contributed by atoms with Gasteiger partial charge in [0.1, 0.15) is 11.3 Å². The summed E-state index contributed by atoms with van der Waals surface area (Å²) in [6.45, 7) is 2.01. The van der Waals surface area contributed by atoms with Crippen LogP contribution in [0.15, 0.2) is 49.1 Å². The van der Waals surface area contributed by atoms with Gasteiger partial charge in [-0.05, 0) is 37.5 Å². The van der Waals surface area contributed by atoms with Gasteiger partial charge in [0.2, 0.25) is 5.95 Å². The molecule has 0 saturated carbocycles. The summed E-state index contributed by atoms with van der Waals surface area (Å²) in [5, 5.41) is 3.35. The third kappa shape index (κ3) is 3.09. The molecule has 1 amide bonds. The van der Waals surface area contributed by atoms with Crippen LogP contribution in [0.4, 0.5) is 5.95 Å². The average molecular weight is 378 g/mol. The number of imidazole rings is 1. The lowest BCUT2D eigenvalue weighted by atomic mass is 9.87. The van der Waals surface area contributed by atoms with Gasteiger partial charge in [0, 0.05) is 31.7 Å². The Morgan fingerprint density at radius 3 is 2.79 bits per heavy atom. The van der Waals surface area contributed by atoms with E-state index in [1.165, 1.54) is 0 Å². The van der Waals surface area contributed by atoms with Crippen molar-refractivity contribution in [1.82, 2.24) is 24.3 Å². The number of hydrogen-bond acceptors (Lipinski definition) is 6. The van der Waals surface area contributed by atoms with Crippen molar-refractivity contribution in [3.05, 3.63) is 54.7 Å². The minimum Gasteiger partial charge on any atom is -0.373 e. The van der Waals surface area contributed by atoms with E-state index in [1.807, 2.05) is 33.7 Å². The van der Waals surface area contributed by atoms with Crippen LogP contribution in [0.2, 0.25) is 0 Å². The number of amides is 1. The maximum Gasteiger partial charge on any atom is 0.272 e. The fraction of sp³-hybridized carbons (Fsp3) is 0.400. The SMILES string of the molecule is O=C(c1cnc2ccccn12)N1CCC2(CC1)CC(Nc1ncccn1)CO2. The highest BCUT2D eigenvalue weighted by Crippen LogP contribution is 2.37. The van der Waals surface area contributed by atoms with Gasteiger partial charge in [0.05, 0.1) is 24.4 Å². The molecule has 3 aromatic rings. The Morgan fingerprint density at radius 1 is 1.14 bits per heavy atom. The Morgan fingerprint density at radius 2 is 1.96 bits per heavy atom. The van der Waals surface area contributed by atoms with Crippen molar-refractivity contribution in [2.24, 2.45) is 0 Å². The van der Waals surface area contributed by atoms with Crippen LogP contribution in [0, 0.1) is 0 Å². The van der Waals surface area contributed by atoms with Gasteiger partial charge in [-0.1, -0.05) is 6.07 Å². The normalized spacial score (nSPS) is 21.3. The molecule has 28 heavy (non-hydrogen) atoms. The maximum atomic E-state index is 13.0. The van der Waals surface area contributed by atoms with Crippen LogP contribution in [0.1, 0.15) is 29.8 Å². The van der Waals surface area contributed by atoms with Gasteiger partial charge in [-0.15, -0.1) is 0 Å². The molecule has 0 aromatic carbocycles. The summed E-state index contributed by atoms with van der Waals surface area (Å²) in [4.78, 5) is 27.7. The van der Waals surface area contributed by atoms with Crippen LogP contribution >= 0.6 is 0 Å². The highest BCUT2D eigenvalue weighted by molar-refractivity contribution is 5.93. The Labute approximate surface area is 162 Å². The second-order valence-corrected chi connectivity index (χ2v) is 7.48. The molecule has 3 aromatic heterocycles. The third-order valence-electron chi connectivity index (χ3n) is 5.71. The number of ether oxygens (including phenoxy) is 1. The molecule has 1 spiro atoms. The zero-order valence-corrected chi connectivity index (χ0v) is 15.5. The second kappa shape index (κ2) is 6.87. The van der Waals surface area contributed by atoms with Crippen LogP contribution < -0.4 is 5.32 Å². The fourth-order valence-electron chi connectivity index (χ4n) is 4.21. The van der Waals surface area contributed by atoms with E-state index in [1.54, 1.807) is 24.7 Å². The van der Waals surface area contributed by atoms with E-state index in [2.05, 4.69) is 20.3 Å². The molecule has 1 N–H and O–H groups in total. The molecule has 1 unspecified atom stereocenters. The number of rotatable bonds is 3. The fourth-order valence-corrected chi connectivity index (χ4v) is 4.21. The molecule has 0 aliphatic carbocycles. The molecule has 1 atom stereocenters. The van der Waals surface area contributed by atoms with Crippen LogP contribution in [0.25, 0.3) is 5.65 Å². The Hall–Kier alpha value is -3.00. The Kier molecular flexibility index (Phi) is 4.20. The zero-order chi connectivity index (χ0) is 19.0. The van der Waals surface area contributed by atoms with Gasteiger partial charge < -0.3 is 15.0 Å². The smallest absolute Gasteiger partial charge is 0.272 e. The first-order valence-corrected chi connectivity index (χ1v) is 9.61. The van der Waals surface area contributed by atoms with Crippen LogP contribution in [0.3, 0.4) is 0 Å². The number of fused-ring (bicyclic) bond motifs is 1. The van der Waals surface area contributed by atoms with Crippen molar-refractivity contribution in [3.8, 4) is 0 Å². The summed E-state index contributed by atoms with van der Waals surface area (Å²) in [5.74, 6) is 0.660. The van der Waals surface area contributed by atoms with Gasteiger partial charge in [-0.25, -0.2) is 15.0 Å². The molecule has 2 saturated heterocycles. The quantitative estimate of drug-likeness (QED) is 0.750. The van der Waals surface area contributed by atoms with Gasteiger partial charge in [-0.3, -0.25) is 9.20 Å². The summed E-state index contributed by atoms with van der Waals surface area (Å²) in [6, 6.07) is 7.73. The molecule has 8 heteroatoms. The van der Waals surface area contributed by atoms with E-state index in [9.17, 15) is 4.79 Å². The molecular weight excluding hydrogens is 356 g/mol. The third-order valence-corrected chi connectivity index (χ3v) is 5.71. The molecule has 5 rings (SSSR count). The number of carbonyl (C=O) groups is 1.